The Morgan fingerprint density at radius 2 is 1.92 bits per heavy atom. The molecule has 7 nitrogen and oxygen atoms in total. The highest BCUT2D eigenvalue weighted by atomic mass is 35.5. The molecule has 0 bridgehead atoms. The van der Waals surface area contributed by atoms with Crippen molar-refractivity contribution in [2.45, 2.75) is 45.1 Å². The van der Waals surface area contributed by atoms with Crippen LogP contribution in [-0.2, 0) is 5.44 Å². The summed E-state index contributed by atoms with van der Waals surface area (Å²) in [4.78, 5) is 4.45. The van der Waals surface area contributed by atoms with Crippen LogP contribution in [0.2, 0.25) is 10.0 Å². The number of pyridine rings is 1. The van der Waals surface area contributed by atoms with Crippen molar-refractivity contribution in [1.82, 2.24) is 20.0 Å². The molecular formula is C27H26BCl2N7. The summed E-state index contributed by atoms with van der Waals surface area (Å²) in [5, 5.41) is 27.0. The molecule has 5 rings (SSSR count). The second-order valence-corrected chi connectivity index (χ2v) is 11.5. The third-order valence-corrected chi connectivity index (χ3v) is 6.93. The fourth-order valence-corrected chi connectivity index (χ4v) is 4.77. The number of aromatic nitrogens is 4. The minimum atomic E-state index is -1.30. The highest BCUT2D eigenvalue weighted by Crippen LogP contribution is 2.40. The molecule has 2 heterocycles. The number of nitrogens with zero attached hydrogens (tertiary/aromatic N) is 5. The van der Waals surface area contributed by atoms with Gasteiger partial charge in [-0.2, -0.15) is 5.26 Å². The van der Waals surface area contributed by atoms with Gasteiger partial charge in [-0.25, -0.2) is 4.68 Å². The van der Waals surface area contributed by atoms with Crippen LogP contribution in [0.4, 0.5) is 11.4 Å². The number of nitriles is 1. The average Bonchev–Trinajstić information content (AvgIpc) is 3.57. The zero-order chi connectivity index (χ0) is 26.4. The third kappa shape index (κ3) is 5.11. The lowest BCUT2D eigenvalue weighted by Gasteiger charge is -2.32. The van der Waals surface area contributed by atoms with Crippen molar-refractivity contribution in [2.24, 2.45) is 5.41 Å². The smallest absolute Gasteiger partial charge is 0.119 e. The van der Waals surface area contributed by atoms with E-state index in [4.69, 9.17) is 31.0 Å². The first-order chi connectivity index (χ1) is 17.6. The van der Waals surface area contributed by atoms with Crippen LogP contribution in [0.5, 0.6) is 0 Å². The van der Waals surface area contributed by atoms with Gasteiger partial charge in [0.1, 0.15) is 19.6 Å². The number of benzene rings is 2. The molecule has 2 N–H and O–H groups in total. The molecule has 1 unspecified atom stereocenters. The Kier molecular flexibility index (Phi) is 6.55. The van der Waals surface area contributed by atoms with Crippen LogP contribution in [0, 0.1) is 16.7 Å². The number of anilines is 2. The highest BCUT2D eigenvalue weighted by Gasteiger charge is 2.35. The standard InChI is InChI=1S/C27H26BCl2N7/c1-26(2,3)15-33-24-16(12-31)13-32-25-19(24)10-17(11-22(25)30)34-27(28,20-6-4-5-7-21(20)29)23-14-37(36-35-23)18-8-9-18/h4-7,10-11,13-14,18,34H,8-9,15H2,1-3H3,(H,32,33). The molecule has 2 aromatic heterocycles. The zero-order valence-corrected chi connectivity index (χ0v) is 22.4. The van der Waals surface area contributed by atoms with E-state index >= 15 is 0 Å². The van der Waals surface area contributed by atoms with E-state index in [1.807, 2.05) is 35.1 Å². The van der Waals surface area contributed by atoms with Gasteiger partial charge in [-0.1, -0.05) is 67.4 Å². The molecule has 0 spiro atoms. The minimum Gasteiger partial charge on any atom is -0.383 e. The number of hydrogen-bond donors (Lipinski definition) is 2. The van der Waals surface area contributed by atoms with Crippen molar-refractivity contribution < 1.29 is 0 Å². The summed E-state index contributed by atoms with van der Waals surface area (Å²) in [7, 11) is 7.07. The molecule has 2 radical (unpaired) electrons. The summed E-state index contributed by atoms with van der Waals surface area (Å²) < 4.78 is 1.85. The first kappa shape index (κ1) is 25.4. The Morgan fingerprint density at radius 3 is 2.59 bits per heavy atom. The third-order valence-electron chi connectivity index (χ3n) is 6.32. The summed E-state index contributed by atoms with van der Waals surface area (Å²) in [6.45, 7) is 7.02. The van der Waals surface area contributed by atoms with Gasteiger partial charge in [-0.15, -0.1) is 5.10 Å². The van der Waals surface area contributed by atoms with Crippen molar-refractivity contribution in [3.05, 3.63) is 75.7 Å². The van der Waals surface area contributed by atoms with Crippen LogP contribution in [0.1, 0.15) is 56.5 Å². The van der Waals surface area contributed by atoms with Crippen LogP contribution in [0.25, 0.3) is 10.9 Å². The summed E-state index contributed by atoms with van der Waals surface area (Å²) in [6, 6.07) is 13.6. The van der Waals surface area contributed by atoms with E-state index in [9.17, 15) is 5.26 Å². The molecule has 2 aromatic carbocycles. The van der Waals surface area contributed by atoms with E-state index in [1.165, 1.54) is 0 Å². The Bertz CT molecular complexity index is 1520. The van der Waals surface area contributed by atoms with Crippen molar-refractivity contribution in [2.75, 3.05) is 17.2 Å². The summed E-state index contributed by atoms with van der Waals surface area (Å²) in [6.07, 6.45) is 5.54. The van der Waals surface area contributed by atoms with Crippen molar-refractivity contribution >= 4 is 53.3 Å². The van der Waals surface area contributed by atoms with Gasteiger partial charge in [0.2, 0.25) is 0 Å². The summed E-state index contributed by atoms with van der Waals surface area (Å²) in [5.74, 6) is 0. The Labute approximate surface area is 227 Å². The van der Waals surface area contributed by atoms with Crippen LogP contribution in [-0.4, -0.2) is 34.4 Å². The molecule has 4 aromatic rings. The van der Waals surface area contributed by atoms with E-state index in [1.54, 1.807) is 18.3 Å². The lowest BCUT2D eigenvalue weighted by atomic mass is 9.69. The van der Waals surface area contributed by atoms with E-state index in [0.717, 1.165) is 12.8 Å². The molecule has 1 aliphatic carbocycles. The number of fused-ring (bicyclic) bond motifs is 1. The molecule has 10 heteroatoms. The predicted octanol–water partition coefficient (Wildman–Crippen LogP) is 6.28. The van der Waals surface area contributed by atoms with Gasteiger partial charge in [0.05, 0.1) is 39.5 Å². The molecule has 1 saturated carbocycles. The van der Waals surface area contributed by atoms with E-state index in [0.29, 0.717) is 61.7 Å². The van der Waals surface area contributed by atoms with Crippen molar-refractivity contribution in [3.63, 3.8) is 0 Å². The van der Waals surface area contributed by atoms with Crippen LogP contribution < -0.4 is 10.6 Å². The molecule has 1 aliphatic rings. The predicted molar refractivity (Wildman–Crippen MR) is 149 cm³/mol. The summed E-state index contributed by atoms with van der Waals surface area (Å²) >= 11 is 13.3. The highest BCUT2D eigenvalue weighted by molar-refractivity contribution is 6.36. The SMILES string of the molecule is [B]C(Nc1cc(Cl)c2ncc(C#N)c(NCC(C)(C)C)c2c1)(c1cn(C2CC2)nn1)c1ccccc1Cl. The van der Waals surface area contributed by atoms with E-state index in [-0.39, 0.29) is 5.41 Å². The van der Waals surface area contributed by atoms with Gasteiger partial charge in [-0.05, 0) is 42.0 Å². The second-order valence-electron chi connectivity index (χ2n) is 10.7. The molecule has 37 heavy (non-hydrogen) atoms. The van der Waals surface area contributed by atoms with E-state index in [2.05, 4.69) is 52.8 Å². The van der Waals surface area contributed by atoms with E-state index < -0.39 is 5.44 Å². The maximum atomic E-state index is 9.78. The molecular weight excluding hydrogens is 504 g/mol. The molecule has 0 amide bonds. The Hall–Kier alpha value is -3.28. The number of nitrogens with one attached hydrogen (secondary N) is 2. The van der Waals surface area contributed by atoms with Crippen molar-refractivity contribution in [3.8, 4) is 6.07 Å². The molecule has 0 saturated heterocycles. The first-order valence-electron chi connectivity index (χ1n) is 12.1. The van der Waals surface area contributed by atoms with Gasteiger partial charge in [0.15, 0.2) is 0 Å². The Morgan fingerprint density at radius 1 is 1.16 bits per heavy atom. The van der Waals surface area contributed by atoms with Gasteiger partial charge in [0, 0.05) is 28.8 Å². The maximum absolute atomic E-state index is 9.78. The average molecular weight is 530 g/mol. The molecule has 0 aliphatic heterocycles. The first-order valence-corrected chi connectivity index (χ1v) is 12.9. The lowest BCUT2D eigenvalue weighted by Crippen LogP contribution is -2.38. The van der Waals surface area contributed by atoms with Crippen molar-refractivity contribution in [1.29, 1.82) is 5.26 Å². The van der Waals surface area contributed by atoms with Crippen LogP contribution in [0.3, 0.4) is 0 Å². The number of rotatable bonds is 7. The van der Waals surface area contributed by atoms with Gasteiger partial charge in [0.25, 0.3) is 0 Å². The quantitative estimate of drug-likeness (QED) is 0.274. The minimum absolute atomic E-state index is 0.00811. The Balaban J connectivity index is 1.64. The van der Waals surface area contributed by atoms with Gasteiger partial charge >= 0.3 is 0 Å². The van der Waals surface area contributed by atoms with Gasteiger partial charge in [-0.3, -0.25) is 4.98 Å². The zero-order valence-electron chi connectivity index (χ0n) is 20.9. The molecule has 1 fully saturated rings. The van der Waals surface area contributed by atoms with Crippen LogP contribution in [0.15, 0.2) is 48.8 Å². The molecule has 1 atom stereocenters. The largest absolute Gasteiger partial charge is 0.383 e. The van der Waals surface area contributed by atoms with Crippen LogP contribution >= 0.6 is 23.2 Å². The lowest BCUT2D eigenvalue weighted by molar-refractivity contribution is 0.443. The van der Waals surface area contributed by atoms with Gasteiger partial charge < -0.3 is 10.6 Å². The maximum Gasteiger partial charge on any atom is 0.119 e. The number of hydrogen-bond acceptors (Lipinski definition) is 6. The molecule has 186 valence electrons. The normalized spacial score (nSPS) is 15.2. The summed E-state index contributed by atoms with van der Waals surface area (Å²) in [5.41, 5.74) is 2.17. The fraction of sp³-hybridized carbons (Fsp3) is 0.333. The fourth-order valence-electron chi connectivity index (χ4n) is 4.21. The monoisotopic (exact) mass is 529 g/mol. The second kappa shape index (κ2) is 9.55. The topological polar surface area (TPSA) is 91.5 Å². The number of halogens is 2.